The predicted molar refractivity (Wildman–Crippen MR) is 46.6 cm³/mol. The lowest BCUT2D eigenvalue weighted by molar-refractivity contribution is -0.140. The number of aliphatic hydroxyl groups excluding tert-OH is 1. The first kappa shape index (κ1) is 10.9. The number of carbonyl (C=O) groups excluding carboxylic acids is 1. The fraction of sp³-hybridized carbons (Fsp3) is 0.444. The zero-order valence-electron chi connectivity index (χ0n) is 7.36. The van der Waals surface area contributed by atoms with Crippen molar-refractivity contribution in [1.29, 1.82) is 0 Å². The Balaban J connectivity index is 3.59. The van der Waals surface area contributed by atoms with E-state index < -0.39 is 12.1 Å². The molecule has 12 heavy (non-hydrogen) atoms. The molecule has 0 aromatic rings. The Morgan fingerprint density at radius 1 is 1.58 bits per heavy atom. The van der Waals surface area contributed by atoms with Crippen LogP contribution < -0.4 is 0 Å². The third-order valence-electron chi connectivity index (χ3n) is 1.00. The summed E-state index contributed by atoms with van der Waals surface area (Å²) >= 11 is 0. The van der Waals surface area contributed by atoms with Crippen LogP contribution in [0.1, 0.15) is 13.8 Å². The highest BCUT2D eigenvalue weighted by Crippen LogP contribution is 1.86. The molecule has 0 aliphatic heterocycles. The van der Waals surface area contributed by atoms with Crippen LogP contribution in [0.3, 0.4) is 0 Å². The molecule has 3 heteroatoms. The first-order valence-electron chi connectivity index (χ1n) is 3.81. The molecule has 0 heterocycles. The second kappa shape index (κ2) is 6.61. The molecule has 1 atom stereocenters. The molecule has 0 bridgehead atoms. The topological polar surface area (TPSA) is 46.5 Å². The molecular formula is C9H14O3. The van der Waals surface area contributed by atoms with Gasteiger partial charge in [0.15, 0.2) is 0 Å². The molecule has 0 radical (unpaired) electrons. The Morgan fingerprint density at radius 3 is 2.75 bits per heavy atom. The molecule has 0 fully saturated rings. The van der Waals surface area contributed by atoms with E-state index in [2.05, 4.69) is 4.74 Å². The lowest BCUT2D eigenvalue weighted by atomic mass is 10.4. The second-order valence-electron chi connectivity index (χ2n) is 2.36. The number of hydrogen-bond acceptors (Lipinski definition) is 3. The van der Waals surface area contributed by atoms with Gasteiger partial charge in [0.25, 0.3) is 0 Å². The maximum Gasteiger partial charge on any atom is 0.330 e. The summed E-state index contributed by atoms with van der Waals surface area (Å²) in [5, 5.41) is 8.76. The normalized spacial score (nSPS) is 13.9. The van der Waals surface area contributed by atoms with Crippen molar-refractivity contribution < 1.29 is 14.6 Å². The van der Waals surface area contributed by atoms with Gasteiger partial charge in [-0.3, -0.25) is 0 Å². The summed E-state index contributed by atoms with van der Waals surface area (Å²) in [5.74, 6) is -0.436. The number of rotatable bonds is 4. The van der Waals surface area contributed by atoms with Crippen molar-refractivity contribution in [3.05, 3.63) is 24.3 Å². The number of allylic oxidation sites excluding steroid dienone is 3. The molecule has 1 unspecified atom stereocenters. The fourth-order valence-electron chi connectivity index (χ4n) is 0.496. The lowest BCUT2D eigenvalue weighted by Crippen LogP contribution is -2.13. The van der Waals surface area contributed by atoms with Crippen LogP contribution in [0.25, 0.3) is 0 Å². The van der Waals surface area contributed by atoms with Crippen molar-refractivity contribution in [2.45, 2.75) is 20.0 Å². The van der Waals surface area contributed by atoms with Gasteiger partial charge < -0.3 is 9.84 Å². The van der Waals surface area contributed by atoms with Gasteiger partial charge in [-0.25, -0.2) is 4.79 Å². The number of carbonyl (C=O) groups is 1. The zero-order chi connectivity index (χ0) is 9.40. The van der Waals surface area contributed by atoms with Gasteiger partial charge in [0.1, 0.15) is 6.61 Å². The summed E-state index contributed by atoms with van der Waals surface area (Å²) in [5.41, 5.74) is 0. The van der Waals surface area contributed by atoms with E-state index in [1.54, 1.807) is 25.2 Å². The third kappa shape index (κ3) is 7.02. The van der Waals surface area contributed by atoms with E-state index in [-0.39, 0.29) is 6.61 Å². The predicted octanol–water partition coefficient (Wildman–Crippen LogP) is 1.04. The molecule has 1 N–H and O–H groups in total. The minimum Gasteiger partial charge on any atom is -0.460 e. The SMILES string of the molecule is C/C=C/C=C/C(=O)OCC(C)O. The average molecular weight is 170 g/mol. The quantitative estimate of drug-likeness (QED) is 0.389. The average Bonchev–Trinajstić information content (AvgIpc) is 2.01. The fourth-order valence-corrected chi connectivity index (χ4v) is 0.496. The van der Waals surface area contributed by atoms with Gasteiger partial charge in [-0.15, -0.1) is 0 Å². The smallest absolute Gasteiger partial charge is 0.330 e. The van der Waals surface area contributed by atoms with Gasteiger partial charge in [0.05, 0.1) is 6.10 Å². The number of esters is 1. The highest BCUT2D eigenvalue weighted by atomic mass is 16.5. The van der Waals surface area contributed by atoms with Gasteiger partial charge >= 0.3 is 5.97 Å². The van der Waals surface area contributed by atoms with Crippen molar-refractivity contribution in [3.63, 3.8) is 0 Å². The van der Waals surface area contributed by atoms with E-state index in [1.165, 1.54) is 6.08 Å². The van der Waals surface area contributed by atoms with E-state index >= 15 is 0 Å². The van der Waals surface area contributed by atoms with Gasteiger partial charge in [-0.1, -0.05) is 18.2 Å². The summed E-state index contributed by atoms with van der Waals surface area (Å²) in [4.78, 5) is 10.8. The van der Waals surface area contributed by atoms with Crippen LogP contribution in [-0.2, 0) is 9.53 Å². The first-order chi connectivity index (χ1) is 5.66. The number of ether oxygens (including phenoxy) is 1. The van der Waals surface area contributed by atoms with E-state index in [1.807, 2.05) is 6.92 Å². The van der Waals surface area contributed by atoms with E-state index in [4.69, 9.17) is 5.11 Å². The molecule has 3 nitrogen and oxygen atoms in total. The van der Waals surface area contributed by atoms with E-state index in [9.17, 15) is 4.79 Å². The maximum atomic E-state index is 10.8. The molecule has 0 aliphatic carbocycles. The molecule has 0 aromatic carbocycles. The van der Waals surface area contributed by atoms with Crippen molar-refractivity contribution >= 4 is 5.97 Å². The Bertz CT molecular complexity index is 180. The van der Waals surface area contributed by atoms with Crippen LogP contribution in [0, 0.1) is 0 Å². The highest BCUT2D eigenvalue weighted by Gasteiger charge is 1.98. The summed E-state index contributed by atoms with van der Waals surface area (Å²) < 4.78 is 4.64. The minimum atomic E-state index is -0.607. The van der Waals surface area contributed by atoms with Crippen LogP contribution in [0.2, 0.25) is 0 Å². The standard InChI is InChI=1S/C9H14O3/c1-3-4-5-6-9(11)12-7-8(2)10/h3-6,8,10H,7H2,1-2H3/b4-3+,6-5+. The number of aliphatic hydroxyl groups is 1. The van der Waals surface area contributed by atoms with Crippen LogP contribution in [-0.4, -0.2) is 23.8 Å². The molecular weight excluding hydrogens is 156 g/mol. The van der Waals surface area contributed by atoms with Crippen LogP contribution >= 0.6 is 0 Å². The molecule has 0 saturated heterocycles. The maximum absolute atomic E-state index is 10.8. The lowest BCUT2D eigenvalue weighted by Gasteiger charge is -2.02. The van der Waals surface area contributed by atoms with Crippen molar-refractivity contribution in [1.82, 2.24) is 0 Å². The van der Waals surface area contributed by atoms with Gasteiger partial charge in [-0.05, 0) is 13.8 Å². The first-order valence-corrected chi connectivity index (χ1v) is 3.81. The largest absolute Gasteiger partial charge is 0.460 e. The molecule has 0 aromatic heterocycles. The van der Waals surface area contributed by atoms with Crippen LogP contribution in [0.5, 0.6) is 0 Å². The minimum absolute atomic E-state index is 0.0407. The van der Waals surface area contributed by atoms with E-state index in [0.29, 0.717) is 0 Å². The van der Waals surface area contributed by atoms with E-state index in [0.717, 1.165) is 0 Å². The Labute approximate surface area is 72.3 Å². The molecule has 0 amide bonds. The number of hydrogen-bond donors (Lipinski definition) is 1. The highest BCUT2D eigenvalue weighted by molar-refractivity contribution is 5.82. The van der Waals surface area contributed by atoms with Crippen molar-refractivity contribution in [3.8, 4) is 0 Å². The van der Waals surface area contributed by atoms with Crippen molar-refractivity contribution in [2.75, 3.05) is 6.61 Å². The third-order valence-corrected chi connectivity index (χ3v) is 1.00. The summed E-state index contributed by atoms with van der Waals surface area (Å²) in [6.07, 6.45) is 5.82. The molecule has 0 spiro atoms. The van der Waals surface area contributed by atoms with Crippen molar-refractivity contribution in [2.24, 2.45) is 0 Å². The van der Waals surface area contributed by atoms with Crippen LogP contribution in [0.4, 0.5) is 0 Å². The second-order valence-corrected chi connectivity index (χ2v) is 2.36. The molecule has 0 aliphatic rings. The molecule has 0 saturated carbocycles. The Kier molecular flexibility index (Phi) is 6.01. The molecule has 68 valence electrons. The Morgan fingerprint density at radius 2 is 2.25 bits per heavy atom. The van der Waals surface area contributed by atoms with Gasteiger partial charge in [-0.2, -0.15) is 0 Å². The van der Waals surface area contributed by atoms with Crippen LogP contribution in [0.15, 0.2) is 24.3 Å². The van der Waals surface area contributed by atoms with Gasteiger partial charge in [0.2, 0.25) is 0 Å². The van der Waals surface area contributed by atoms with Gasteiger partial charge in [0, 0.05) is 6.08 Å². The Hall–Kier alpha value is -1.09. The summed E-state index contributed by atoms with van der Waals surface area (Å²) in [6, 6.07) is 0. The summed E-state index contributed by atoms with van der Waals surface area (Å²) in [7, 11) is 0. The molecule has 0 rings (SSSR count). The summed E-state index contributed by atoms with van der Waals surface area (Å²) in [6.45, 7) is 3.45. The zero-order valence-corrected chi connectivity index (χ0v) is 7.36. The monoisotopic (exact) mass is 170 g/mol.